The molecule has 0 unspecified atom stereocenters. The fourth-order valence-corrected chi connectivity index (χ4v) is 2.93. The molecule has 0 saturated heterocycles. The number of nitrogens with zero attached hydrogens (tertiary/aromatic N) is 1. The Balaban J connectivity index is 1.68. The first-order valence-electron chi connectivity index (χ1n) is 9.03. The van der Waals surface area contributed by atoms with Gasteiger partial charge in [0.2, 0.25) is 0 Å². The predicted octanol–water partition coefficient (Wildman–Crippen LogP) is 4.64. The van der Waals surface area contributed by atoms with Gasteiger partial charge in [0, 0.05) is 0 Å². The molecule has 0 aliphatic rings. The average Bonchev–Trinajstić information content (AvgIpc) is 2.75. The molecule has 0 spiro atoms. The fourth-order valence-electron chi connectivity index (χ4n) is 2.61. The van der Waals surface area contributed by atoms with E-state index in [1.165, 1.54) is 13.3 Å². The highest BCUT2D eigenvalue weighted by Gasteiger charge is 2.13. The summed E-state index contributed by atoms with van der Waals surface area (Å²) in [5.74, 6) is -0.274. The Morgan fingerprint density at radius 2 is 1.77 bits per heavy atom. The van der Waals surface area contributed by atoms with Crippen LogP contribution in [0.15, 0.2) is 71.8 Å². The summed E-state index contributed by atoms with van der Waals surface area (Å²) in [6.45, 7) is 1.89. The monoisotopic (exact) mass is 422 g/mol. The van der Waals surface area contributed by atoms with Gasteiger partial charge >= 0.3 is 5.97 Å². The van der Waals surface area contributed by atoms with Crippen LogP contribution < -0.4 is 14.9 Å². The predicted molar refractivity (Wildman–Crippen MR) is 116 cm³/mol. The van der Waals surface area contributed by atoms with E-state index in [4.69, 9.17) is 21.1 Å². The highest BCUT2D eigenvalue weighted by molar-refractivity contribution is 6.33. The Labute approximate surface area is 179 Å². The molecule has 1 N–H and O–H groups in total. The fraction of sp³-hybridized carbons (Fsp3) is 0.0870. The lowest BCUT2D eigenvalue weighted by Gasteiger charge is -2.10. The van der Waals surface area contributed by atoms with Crippen molar-refractivity contribution in [2.75, 3.05) is 7.11 Å². The first-order valence-corrected chi connectivity index (χ1v) is 9.40. The maximum atomic E-state index is 12.2. The van der Waals surface area contributed by atoms with Crippen LogP contribution in [0.5, 0.6) is 11.5 Å². The number of esters is 1. The number of ether oxygens (including phenoxy) is 2. The number of benzene rings is 3. The van der Waals surface area contributed by atoms with Crippen LogP contribution in [0.4, 0.5) is 0 Å². The molecule has 0 aliphatic heterocycles. The molecule has 0 heterocycles. The van der Waals surface area contributed by atoms with Crippen molar-refractivity contribution in [3.63, 3.8) is 0 Å². The summed E-state index contributed by atoms with van der Waals surface area (Å²) in [5, 5.41) is 4.30. The number of nitrogens with one attached hydrogen (secondary N) is 1. The molecule has 6 nitrogen and oxygen atoms in total. The van der Waals surface area contributed by atoms with Gasteiger partial charge in [-0.15, -0.1) is 0 Å². The second-order valence-electron chi connectivity index (χ2n) is 6.35. The minimum atomic E-state index is -0.488. The molecule has 0 saturated carbocycles. The molecule has 7 heteroatoms. The molecule has 0 atom stereocenters. The maximum absolute atomic E-state index is 12.2. The zero-order chi connectivity index (χ0) is 21.5. The SMILES string of the molecule is COc1cc(/C=N/NC(=O)c2ccc(C)cc2Cl)ccc1OC(=O)c1ccccc1. The van der Waals surface area contributed by atoms with Crippen LogP contribution in [0.2, 0.25) is 5.02 Å². The van der Waals surface area contributed by atoms with Crippen molar-refractivity contribution < 1.29 is 19.1 Å². The molecule has 3 rings (SSSR count). The number of hydrogen-bond acceptors (Lipinski definition) is 5. The Hall–Kier alpha value is -3.64. The lowest BCUT2D eigenvalue weighted by atomic mass is 10.1. The van der Waals surface area contributed by atoms with E-state index in [9.17, 15) is 9.59 Å². The summed E-state index contributed by atoms with van der Waals surface area (Å²) >= 11 is 6.09. The highest BCUT2D eigenvalue weighted by Crippen LogP contribution is 2.28. The van der Waals surface area contributed by atoms with Crippen LogP contribution in [-0.2, 0) is 0 Å². The molecule has 0 bridgehead atoms. The summed E-state index contributed by atoms with van der Waals surface area (Å²) in [5.41, 5.74) is 4.80. The van der Waals surface area contributed by atoms with Gasteiger partial charge < -0.3 is 9.47 Å². The molecule has 0 radical (unpaired) electrons. The van der Waals surface area contributed by atoms with E-state index in [1.807, 2.05) is 13.0 Å². The van der Waals surface area contributed by atoms with Crippen molar-refractivity contribution in [3.8, 4) is 11.5 Å². The molecule has 152 valence electrons. The molecular weight excluding hydrogens is 404 g/mol. The molecule has 3 aromatic rings. The Kier molecular flexibility index (Phi) is 6.83. The normalized spacial score (nSPS) is 10.6. The van der Waals surface area contributed by atoms with Crippen LogP contribution in [0.3, 0.4) is 0 Å². The van der Waals surface area contributed by atoms with Gasteiger partial charge in [-0.2, -0.15) is 5.10 Å². The third-order valence-corrected chi connectivity index (χ3v) is 4.46. The Morgan fingerprint density at radius 1 is 1.00 bits per heavy atom. The summed E-state index contributed by atoms with van der Waals surface area (Å²) in [6.07, 6.45) is 1.45. The van der Waals surface area contributed by atoms with E-state index in [0.717, 1.165) is 5.56 Å². The summed E-state index contributed by atoms with van der Waals surface area (Å²) < 4.78 is 10.7. The Bertz CT molecular complexity index is 1100. The van der Waals surface area contributed by atoms with Crippen LogP contribution in [0.25, 0.3) is 0 Å². The number of amides is 1. The molecule has 3 aromatic carbocycles. The number of halogens is 1. The molecule has 30 heavy (non-hydrogen) atoms. The van der Waals surface area contributed by atoms with E-state index in [1.54, 1.807) is 60.7 Å². The smallest absolute Gasteiger partial charge is 0.343 e. The van der Waals surface area contributed by atoms with Crippen LogP contribution in [-0.4, -0.2) is 25.2 Å². The van der Waals surface area contributed by atoms with Crippen molar-refractivity contribution in [2.24, 2.45) is 5.10 Å². The number of carbonyl (C=O) groups is 2. The number of methoxy groups -OCH3 is 1. The van der Waals surface area contributed by atoms with Crippen molar-refractivity contribution >= 4 is 29.7 Å². The second-order valence-corrected chi connectivity index (χ2v) is 6.76. The average molecular weight is 423 g/mol. The van der Waals surface area contributed by atoms with Crippen molar-refractivity contribution in [1.29, 1.82) is 0 Å². The molecule has 0 aromatic heterocycles. The largest absolute Gasteiger partial charge is 0.493 e. The number of hydrazone groups is 1. The number of carbonyl (C=O) groups excluding carboxylic acids is 2. The van der Waals surface area contributed by atoms with Crippen molar-refractivity contribution in [1.82, 2.24) is 5.43 Å². The highest BCUT2D eigenvalue weighted by atomic mass is 35.5. The zero-order valence-electron chi connectivity index (χ0n) is 16.4. The second kappa shape index (κ2) is 9.71. The third-order valence-electron chi connectivity index (χ3n) is 4.15. The number of rotatable bonds is 6. The standard InChI is InChI=1S/C23H19ClN2O4/c1-15-8-10-18(19(24)12-15)22(27)26-25-14-16-9-11-20(21(13-16)29-2)30-23(28)17-6-4-3-5-7-17/h3-14H,1-2H3,(H,26,27)/b25-14+. The van der Waals surface area contributed by atoms with E-state index in [2.05, 4.69) is 10.5 Å². The van der Waals surface area contributed by atoms with Crippen molar-refractivity contribution in [3.05, 3.63) is 94.0 Å². The molecule has 1 amide bonds. The van der Waals surface area contributed by atoms with E-state index < -0.39 is 11.9 Å². The summed E-state index contributed by atoms with van der Waals surface area (Å²) in [4.78, 5) is 24.4. The zero-order valence-corrected chi connectivity index (χ0v) is 17.1. The van der Waals surface area contributed by atoms with Crippen molar-refractivity contribution in [2.45, 2.75) is 6.92 Å². The lowest BCUT2D eigenvalue weighted by Crippen LogP contribution is -2.18. The quantitative estimate of drug-likeness (QED) is 0.272. The van der Waals surface area contributed by atoms with Crippen LogP contribution in [0.1, 0.15) is 31.8 Å². The van der Waals surface area contributed by atoms with E-state index >= 15 is 0 Å². The maximum Gasteiger partial charge on any atom is 0.343 e. The first kappa shape index (κ1) is 21.1. The lowest BCUT2D eigenvalue weighted by molar-refractivity contribution is 0.0729. The van der Waals surface area contributed by atoms with E-state index in [-0.39, 0.29) is 5.75 Å². The molecule has 0 aliphatic carbocycles. The van der Waals surface area contributed by atoms with Gasteiger partial charge in [-0.1, -0.05) is 35.9 Å². The van der Waals surface area contributed by atoms with Gasteiger partial charge in [0.05, 0.1) is 29.5 Å². The minimum Gasteiger partial charge on any atom is -0.493 e. The Morgan fingerprint density at radius 3 is 2.47 bits per heavy atom. The van der Waals surface area contributed by atoms with E-state index in [0.29, 0.717) is 27.5 Å². The number of hydrogen-bond donors (Lipinski definition) is 1. The first-order chi connectivity index (χ1) is 14.5. The summed E-state index contributed by atoms with van der Waals surface area (Å²) in [7, 11) is 1.47. The minimum absolute atomic E-state index is 0.277. The van der Waals surface area contributed by atoms with Gasteiger partial charge in [0.25, 0.3) is 5.91 Å². The van der Waals surface area contributed by atoms with Gasteiger partial charge in [0.1, 0.15) is 0 Å². The summed E-state index contributed by atoms with van der Waals surface area (Å²) in [6, 6.07) is 18.7. The van der Waals surface area contributed by atoms with Gasteiger partial charge in [-0.05, 0) is 60.5 Å². The van der Waals surface area contributed by atoms with Gasteiger partial charge in [-0.25, -0.2) is 10.2 Å². The molecular formula is C23H19ClN2O4. The third kappa shape index (κ3) is 5.24. The number of aryl methyl sites for hydroxylation is 1. The van der Waals surface area contributed by atoms with Crippen LogP contribution >= 0.6 is 11.6 Å². The molecule has 0 fully saturated rings. The topological polar surface area (TPSA) is 77.0 Å². The van der Waals surface area contributed by atoms with Crippen LogP contribution in [0, 0.1) is 6.92 Å². The van der Waals surface area contributed by atoms with Gasteiger partial charge in [0.15, 0.2) is 11.5 Å². The van der Waals surface area contributed by atoms with Gasteiger partial charge in [-0.3, -0.25) is 4.79 Å².